The van der Waals surface area contributed by atoms with Crippen LogP contribution < -0.4 is 9.64 Å². The second kappa shape index (κ2) is 8.13. The largest absolute Gasteiger partial charge is 0.495 e. The number of nitriles is 1. The number of hydrogen-bond donors (Lipinski definition) is 1. The predicted molar refractivity (Wildman–Crippen MR) is 138 cm³/mol. The molecule has 35 heavy (non-hydrogen) atoms. The van der Waals surface area contributed by atoms with E-state index in [2.05, 4.69) is 40.8 Å². The number of methoxy groups -OCH3 is 1. The van der Waals surface area contributed by atoms with Crippen LogP contribution in [0.15, 0.2) is 30.3 Å². The molecule has 0 radical (unpaired) electrons. The molecule has 2 saturated heterocycles. The van der Waals surface area contributed by atoms with Crippen molar-refractivity contribution in [2.45, 2.75) is 51.0 Å². The molecule has 1 aliphatic carbocycles. The van der Waals surface area contributed by atoms with E-state index >= 15 is 0 Å². The molecule has 180 valence electrons. The van der Waals surface area contributed by atoms with Gasteiger partial charge in [0.05, 0.1) is 30.0 Å². The summed E-state index contributed by atoms with van der Waals surface area (Å²) >= 11 is 0. The van der Waals surface area contributed by atoms with Gasteiger partial charge in [-0.3, -0.25) is 4.79 Å². The number of carbonyl (C=O) groups is 1. The third-order valence-corrected chi connectivity index (χ3v) is 8.48. The molecule has 1 aromatic heterocycles. The number of ketones is 1. The van der Waals surface area contributed by atoms with Crippen LogP contribution in [0, 0.1) is 11.3 Å². The third kappa shape index (κ3) is 3.36. The van der Waals surface area contributed by atoms with Crippen LogP contribution >= 0.6 is 0 Å². The summed E-state index contributed by atoms with van der Waals surface area (Å²) in [5.41, 5.74) is 5.48. The minimum absolute atomic E-state index is 0.0166. The number of piperidine rings is 1. The Morgan fingerprint density at radius 2 is 1.83 bits per heavy atom. The molecule has 6 heteroatoms. The molecule has 3 aliphatic rings. The number of nitrogens with zero attached hydrogens (tertiary/aromatic N) is 3. The molecule has 6 nitrogen and oxygen atoms in total. The number of ether oxygens (including phenoxy) is 1. The van der Waals surface area contributed by atoms with E-state index in [9.17, 15) is 10.1 Å². The van der Waals surface area contributed by atoms with Gasteiger partial charge in [0.1, 0.15) is 5.75 Å². The van der Waals surface area contributed by atoms with Crippen LogP contribution in [-0.4, -0.2) is 55.0 Å². The molecule has 0 bridgehead atoms. The molecule has 3 heterocycles. The number of fused-ring (bicyclic) bond motifs is 4. The van der Waals surface area contributed by atoms with Gasteiger partial charge in [-0.05, 0) is 68.6 Å². The van der Waals surface area contributed by atoms with Gasteiger partial charge in [-0.25, -0.2) is 0 Å². The molecule has 2 aliphatic heterocycles. The highest BCUT2D eigenvalue weighted by Crippen LogP contribution is 2.47. The minimum atomic E-state index is -0.390. The normalized spacial score (nSPS) is 20.1. The van der Waals surface area contributed by atoms with Crippen LogP contribution in [0.2, 0.25) is 0 Å². The summed E-state index contributed by atoms with van der Waals surface area (Å²) in [6.07, 6.45) is 4.98. The number of likely N-dealkylation sites (tertiary alicyclic amines) is 1. The highest BCUT2D eigenvalue weighted by molar-refractivity contribution is 6.20. The lowest BCUT2D eigenvalue weighted by atomic mass is 9.71. The Labute approximate surface area is 206 Å². The fourth-order valence-electron chi connectivity index (χ4n) is 6.50. The van der Waals surface area contributed by atoms with Gasteiger partial charge in [-0.2, -0.15) is 5.26 Å². The smallest absolute Gasteiger partial charge is 0.195 e. The van der Waals surface area contributed by atoms with E-state index in [0.717, 1.165) is 59.5 Å². The fourth-order valence-corrected chi connectivity index (χ4v) is 6.50. The van der Waals surface area contributed by atoms with Crippen molar-refractivity contribution in [3.63, 3.8) is 0 Å². The number of aromatic nitrogens is 1. The Morgan fingerprint density at radius 1 is 1.09 bits per heavy atom. The van der Waals surface area contributed by atoms with E-state index < -0.39 is 0 Å². The zero-order chi connectivity index (χ0) is 24.3. The molecule has 1 N–H and O–H groups in total. The number of H-pyrrole nitrogens is 1. The first-order valence-electron chi connectivity index (χ1n) is 12.7. The molecule has 2 aromatic carbocycles. The van der Waals surface area contributed by atoms with Gasteiger partial charge in [0.2, 0.25) is 0 Å². The Balaban J connectivity index is 1.40. The van der Waals surface area contributed by atoms with Crippen molar-refractivity contribution < 1.29 is 9.53 Å². The Kier molecular flexibility index (Phi) is 5.16. The lowest BCUT2D eigenvalue weighted by molar-refractivity contribution is 0.103. The van der Waals surface area contributed by atoms with Crippen molar-refractivity contribution in [3.05, 3.63) is 58.3 Å². The second-order valence-electron chi connectivity index (χ2n) is 10.7. The van der Waals surface area contributed by atoms with E-state index in [1.807, 2.05) is 18.2 Å². The van der Waals surface area contributed by atoms with Crippen LogP contribution in [-0.2, 0) is 5.41 Å². The fraction of sp³-hybridized carbons (Fsp3) is 0.448. The minimum Gasteiger partial charge on any atom is -0.495 e. The van der Waals surface area contributed by atoms with E-state index in [1.54, 1.807) is 13.2 Å². The second-order valence-corrected chi connectivity index (χ2v) is 10.7. The van der Waals surface area contributed by atoms with Crippen LogP contribution in [0.1, 0.15) is 72.3 Å². The summed E-state index contributed by atoms with van der Waals surface area (Å²) in [4.78, 5) is 22.4. The monoisotopic (exact) mass is 468 g/mol. The first-order valence-corrected chi connectivity index (χ1v) is 12.7. The molecule has 3 aromatic rings. The lowest BCUT2D eigenvalue weighted by Gasteiger charge is -2.39. The number of rotatable bonds is 3. The average molecular weight is 469 g/mol. The number of benzene rings is 2. The highest BCUT2D eigenvalue weighted by atomic mass is 16.5. The molecular weight excluding hydrogens is 436 g/mol. The van der Waals surface area contributed by atoms with Gasteiger partial charge in [-0.15, -0.1) is 0 Å². The molecule has 0 unspecified atom stereocenters. The van der Waals surface area contributed by atoms with E-state index in [1.165, 1.54) is 25.9 Å². The average Bonchev–Trinajstić information content (AvgIpc) is 3.55. The Bertz CT molecular complexity index is 1370. The van der Waals surface area contributed by atoms with Crippen molar-refractivity contribution in [1.82, 2.24) is 9.88 Å². The maximum atomic E-state index is 13.8. The van der Waals surface area contributed by atoms with Crippen LogP contribution in [0.25, 0.3) is 10.9 Å². The highest BCUT2D eigenvalue weighted by Gasteiger charge is 2.41. The SMILES string of the molecule is COc1cc2c(cc1N1CCC(N3CCCC3)CC1)C(C)(C)c1[nH]c3cc(C#N)ccc3c1C2=O. The number of anilines is 1. The number of aromatic amines is 1. The van der Waals surface area contributed by atoms with Gasteiger partial charge in [0, 0.05) is 46.7 Å². The zero-order valence-corrected chi connectivity index (χ0v) is 20.8. The molecule has 0 amide bonds. The van der Waals surface area contributed by atoms with E-state index in [-0.39, 0.29) is 11.2 Å². The summed E-state index contributed by atoms with van der Waals surface area (Å²) in [6.45, 7) is 8.83. The molecule has 6 rings (SSSR count). The van der Waals surface area contributed by atoms with Crippen molar-refractivity contribution in [2.24, 2.45) is 0 Å². The number of nitrogens with one attached hydrogen (secondary N) is 1. The topological polar surface area (TPSA) is 72.4 Å². The summed E-state index contributed by atoms with van der Waals surface area (Å²) < 4.78 is 5.85. The summed E-state index contributed by atoms with van der Waals surface area (Å²) in [5.74, 6) is 0.783. The molecule has 0 saturated carbocycles. The van der Waals surface area contributed by atoms with Crippen molar-refractivity contribution >= 4 is 22.4 Å². The Hall–Kier alpha value is -3.30. The number of hydrogen-bond acceptors (Lipinski definition) is 5. The van der Waals surface area contributed by atoms with Gasteiger partial charge in [-0.1, -0.05) is 19.9 Å². The van der Waals surface area contributed by atoms with Crippen LogP contribution in [0.3, 0.4) is 0 Å². The van der Waals surface area contributed by atoms with Crippen molar-refractivity contribution in [1.29, 1.82) is 5.26 Å². The molecule has 0 atom stereocenters. The van der Waals surface area contributed by atoms with Gasteiger partial charge in [0.25, 0.3) is 0 Å². The predicted octanol–water partition coefficient (Wildman–Crippen LogP) is 4.98. The van der Waals surface area contributed by atoms with Gasteiger partial charge >= 0.3 is 0 Å². The summed E-state index contributed by atoms with van der Waals surface area (Å²) in [7, 11) is 1.70. The maximum Gasteiger partial charge on any atom is 0.195 e. The maximum absolute atomic E-state index is 13.8. The van der Waals surface area contributed by atoms with Gasteiger partial charge < -0.3 is 19.5 Å². The third-order valence-electron chi connectivity index (χ3n) is 8.48. The van der Waals surface area contributed by atoms with Gasteiger partial charge in [0.15, 0.2) is 5.78 Å². The zero-order valence-electron chi connectivity index (χ0n) is 20.8. The van der Waals surface area contributed by atoms with Crippen molar-refractivity contribution in [2.75, 3.05) is 38.2 Å². The summed E-state index contributed by atoms with van der Waals surface area (Å²) in [5, 5.41) is 10.2. The van der Waals surface area contributed by atoms with Crippen LogP contribution in [0.5, 0.6) is 5.75 Å². The molecule has 2 fully saturated rings. The molecular formula is C29H32N4O2. The standard InChI is InChI=1S/C29H32N4O2/c1-29(2)22-16-24(33-12-8-19(9-13-33)32-10-4-5-11-32)25(35-3)15-21(22)27(34)26-20-7-6-18(17-30)14-23(20)31-28(26)29/h6-7,14-16,19,31H,4-5,8-13H2,1-3H3. The quantitative estimate of drug-likeness (QED) is 0.587. The first kappa shape index (κ1) is 22.2. The number of carbonyl (C=O) groups excluding carboxylic acids is 1. The molecule has 0 spiro atoms. The van der Waals surface area contributed by atoms with Crippen molar-refractivity contribution in [3.8, 4) is 11.8 Å². The van der Waals surface area contributed by atoms with E-state index in [0.29, 0.717) is 22.7 Å². The van der Waals surface area contributed by atoms with Crippen LogP contribution in [0.4, 0.5) is 5.69 Å². The lowest BCUT2D eigenvalue weighted by Crippen LogP contribution is -2.44. The first-order chi connectivity index (χ1) is 16.9. The Morgan fingerprint density at radius 3 is 2.51 bits per heavy atom. The van der Waals surface area contributed by atoms with E-state index in [4.69, 9.17) is 4.74 Å². The summed E-state index contributed by atoms with van der Waals surface area (Å²) in [6, 6.07) is 12.5.